The molecule has 1 fully saturated rings. The minimum atomic E-state index is -1.26. The van der Waals surface area contributed by atoms with E-state index in [2.05, 4.69) is 45.4 Å². The molecule has 12 nitrogen and oxygen atoms in total. The summed E-state index contributed by atoms with van der Waals surface area (Å²) < 4.78 is 0. The van der Waals surface area contributed by atoms with E-state index in [0.29, 0.717) is 30.8 Å². The van der Waals surface area contributed by atoms with E-state index in [0.717, 1.165) is 44.8 Å². The van der Waals surface area contributed by atoms with Crippen molar-refractivity contribution in [1.82, 2.24) is 15.1 Å². The fraction of sp³-hybridized carbons (Fsp3) is 0.276. The molecule has 0 unspecified atom stereocenters. The highest BCUT2D eigenvalue weighted by molar-refractivity contribution is 5.94. The number of nitrogens with zero attached hydrogens (tertiary/aromatic N) is 2. The third-order valence-electron chi connectivity index (χ3n) is 5.48. The summed E-state index contributed by atoms with van der Waals surface area (Å²) in [6, 6.07) is 18.3. The molecular weight excluding hydrogens is 534 g/mol. The predicted molar refractivity (Wildman–Crippen MR) is 150 cm³/mol. The Balaban J connectivity index is 0.000000433. The van der Waals surface area contributed by atoms with Crippen LogP contribution in [0.2, 0.25) is 0 Å². The fourth-order valence-corrected chi connectivity index (χ4v) is 3.43. The zero-order valence-electron chi connectivity index (χ0n) is 22.7. The number of hydrogen-bond acceptors (Lipinski definition) is 7. The molecule has 0 spiro atoms. The molecule has 0 bridgehead atoms. The minimum Gasteiger partial charge on any atom is -0.478 e. The van der Waals surface area contributed by atoms with Gasteiger partial charge in [0.2, 0.25) is 0 Å². The van der Waals surface area contributed by atoms with Crippen molar-refractivity contribution in [1.29, 1.82) is 0 Å². The molecule has 0 atom stereocenters. The van der Waals surface area contributed by atoms with Crippen LogP contribution in [0.25, 0.3) is 0 Å². The van der Waals surface area contributed by atoms with Crippen molar-refractivity contribution < 1.29 is 44.4 Å². The van der Waals surface area contributed by atoms with Gasteiger partial charge in [0.15, 0.2) is 0 Å². The molecule has 2 aromatic carbocycles. The van der Waals surface area contributed by atoms with Gasteiger partial charge in [-0.2, -0.15) is 0 Å². The average molecular weight is 570 g/mol. The molecule has 1 heterocycles. The smallest absolute Gasteiger partial charge is 0.328 e. The summed E-state index contributed by atoms with van der Waals surface area (Å²) in [5, 5.41) is 34.3. The van der Waals surface area contributed by atoms with Gasteiger partial charge in [0.25, 0.3) is 5.91 Å². The third kappa shape index (κ3) is 17.4. The Morgan fingerprint density at radius 3 is 1.56 bits per heavy atom. The lowest BCUT2D eigenvalue weighted by Gasteiger charge is -2.34. The van der Waals surface area contributed by atoms with Gasteiger partial charge in [-0.1, -0.05) is 48.0 Å². The molecule has 0 aromatic heterocycles. The number of nitrogens with one attached hydrogen (secondary N) is 1. The Hall–Kier alpha value is -4.81. The van der Waals surface area contributed by atoms with Crippen LogP contribution in [0.1, 0.15) is 21.5 Å². The number of hydrogen-bond donors (Lipinski definition) is 5. The molecule has 0 radical (unpaired) electrons. The summed E-state index contributed by atoms with van der Waals surface area (Å²) in [6.45, 7) is 8.96. The molecule has 1 amide bonds. The number of aryl methyl sites for hydroxylation is 1. The molecule has 5 N–H and O–H groups in total. The van der Waals surface area contributed by atoms with Crippen molar-refractivity contribution in [3.63, 3.8) is 0 Å². The zero-order valence-corrected chi connectivity index (χ0v) is 22.7. The predicted octanol–water partition coefficient (Wildman–Crippen LogP) is 1.97. The lowest BCUT2D eigenvalue weighted by molar-refractivity contribution is -0.134. The molecule has 220 valence electrons. The van der Waals surface area contributed by atoms with E-state index < -0.39 is 23.9 Å². The van der Waals surface area contributed by atoms with Crippen molar-refractivity contribution in [3.05, 3.63) is 95.6 Å². The third-order valence-corrected chi connectivity index (χ3v) is 5.48. The van der Waals surface area contributed by atoms with E-state index in [1.54, 1.807) is 0 Å². The second kappa shape index (κ2) is 19.3. The summed E-state index contributed by atoms with van der Waals surface area (Å²) in [7, 11) is 0. The number of rotatable bonds is 10. The van der Waals surface area contributed by atoms with Gasteiger partial charge in [0, 0.05) is 75.7 Å². The molecule has 2 aromatic rings. The zero-order chi connectivity index (χ0) is 30.6. The molecule has 1 aliphatic rings. The monoisotopic (exact) mass is 569 g/mol. The molecule has 41 heavy (non-hydrogen) atoms. The minimum absolute atomic E-state index is 0.0164. The first-order chi connectivity index (χ1) is 19.5. The van der Waals surface area contributed by atoms with Gasteiger partial charge in [-0.25, -0.2) is 19.2 Å². The van der Waals surface area contributed by atoms with Crippen LogP contribution in [0, 0.1) is 6.92 Å². The Kier molecular flexibility index (Phi) is 16.1. The Labute approximate surface area is 237 Å². The first-order valence-corrected chi connectivity index (χ1v) is 12.6. The summed E-state index contributed by atoms with van der Waals surface area (Å²) >= 11 is 0. The van der Waals surface area contributed by atoms with E-state index in [-0.39, 0.29) is 5.91 Å². The fourth-order valence-electron chi connectivity index (χ4n) is 3.43. The molecule has 0 saturated carbocycles. The maximum absolute atomic E-state index is 12.1. The van der Waals surface area contributed by atoms with Crippen LogP contribution in [0.15, 0.2) is 78.9 Å². The van der Waals surface area contributed by atoms with Gasteiger partial charge in [-0.3, -0.25) is 14.6 Å². The highest BCUT2D eigenvalue weighted by Crippen LogP contribution is 2.08. The van der Waals surface area contributed by atoms with Crippen LogP contribution in [0.4, 0.5) is 0 Å². The van der Waals surface area contributed by atoms with E-state index in [1.807, 2.05) is 31.2 Å². The van der Waals surface area contributed by atoms with Gasteiger partial charge < -0.3 is 25.7 Å². The van der Waals surface area contributed by atoms with Crippen LogP contribution in [0.5, 0.6) is 0 Å². The normalized spacial score (nSPS) is 13.4. The van der Waals surface area contributed by atoms with Crippen LogP contribution < -0.4 is 5.32 Å². The number of aliphatic carboxylic acids is 4. The van der Waals surface area contributed by atoms with E-state index >= 15 is 0 Å². The van der Waals surface area contributed by atoms with Gasteiger partial charge in [0.1, 0.15) is 0 Å². The van der Waals surface area contributed by atoms with Crippen LogP contribution in [-0.2, 0) is 25.7 Å². The van der Waals surface area contributed by atoms with Gasteiger partial charge in [-0.05, 0) is 24.6 Å². The number of benzene rings is 2. The number of carbonyl (C=O) groups excluding carboxylic acids is 1. The lowest BCUT2D eigenvalue weighted by Crippen LogP contribution is -2.48. The molecule has 1 saturated heterocycles. The van der Waals surface area contributed by atoms with Gasteiger partial charge in [-0.15, -0.1) is 0 Å². The first kappa shape index (κ1) is 34.2. The first-order valence-electron chi connectivity index (χ1n) is 12.6. The molecular formula is C29H35N3O9. The van der Waals surface area contributed by atoms with Crippen molar-refractivity contribution in [3.8, 4) is 0 Å². The van der Waals surface area contributed by atoms with E-state index in [9.17, 15) is 24.0 Å². The molecule has 12 heteroatoms. The van der Waals surface area contributed by atoms with Crippen molar-refractivity contribution >= 4 is 29.8 Å². The quantitative estimate of drug-likeness (QED) is 0.264. The largest absolute Gasteiger partial charge is 0.478 e. The topological polar surface area (TPSA) is 185 Å². The highest BCUT2D eigenvalue weighted by atomic mass is 16.4. The lowest BCUT2D eigenvalue weighted by atomic mass is 10.1. The van der Waals surface area contributed by atoms with Gasteiger partial charge in [0.05, 0.1) is 0 Å². The number of carboxylic acids is 4. The molecule has 1 aliphatic heterocycles. The summed E-state index contributed by atoms with van der Waals surface area (Å²) in [5.74, 6) is -5.01. The molecule has 3 rings (SSSR count). The SMILES string of the molecule is Cc1ccc(C(=O)NCCN2CCN(Cc3ccccc3)CC2)cc1.O=C(O)/C=C/C(=O)O.O=C(O)/C=C/C(=O)O. The summed E-state index contributed by atoms with van der Waals surface area (Å²) in [4.78, 5) is 55.3. The number of carbonyl (C=O) groups is 5. The van der Waals surface area contributed by atoms with Crippen LogP contribution in [-0.4, -0.2) is 99.3 Å². The van der Waals surface area contributed by atoms with E-state index in [1.165, 1.54) is 11.1 Å². The van der Waals surface area contributed by atoms with Gasteiger partial charge >= 0.3 is 23.9 Å². The maximum atomic E-state index is 12.1. The van der Waals surface area contributed by atoms with Crippen molar-refractivity contribution in [2.24, 2.45) is 0 Å². The maximum Gasteiger partial charge on any atom is 0.328 e. The Morgan fingerprint density at radius 2 is 1.12 bits per heavy atom. The Morgan fingerprint density at radius 1 is 0.683 bits per heavy atom. The second-order valence-corrected chi connectivity index (χ2v) is 8.74. The average Bonchev–Trinajstić information content (AvgIpc) is 2.93. The number of amides is 1. The van der Waals surface area contributed by atoms with Crippen molar-refractivity contribution in [2.75, 3.05) is 39.3 Å². The summed E-state index contributed by atoms with van der Waals surface area (Å²) in [6.07, 6.45) is 2.23. The number of piperazine rings is 1. The van der Waals surface area contributed by atoms with E-state index in [4.69, 9.17) is 20.4 Å². The molecule has 0 aliphatic carbocycles. The highest BCUT2D eigenvalue weighted by Gasteiger charge is 2.16. The number of carboxylic acid groups (broad SMARTS) is 4. The standard InChI is InChI=1S/C21H27N3O.2C4H4O4/c1-18-7-9-20(10-8-18)21(25)22-11-12-23-13-15-24(16-14-23)17-19-5-3-2-4-6-19;2*5-3(6)1-2-4(7)8/h2-10H,11-17H2,1H3,(H,22,25);2*1-2H,(H,5,6)(H,7,8)/b;2*2-1+. The summed E-state index contributed by atoms with van der Waals surface area (Å²) in [5.41, 5.74) is 3.28. The van der Waals surface area contributed by atoms with Crippen molar-refractivity contribution in [2.45, 2.75) is 13.5 Å². The Bertz CT molecular complexity index is 1120. The second-order valence-electron chi connectivity index (χ2n) is 8.74. The van der Waals surface area contributed by atoms with Crippen LogP contribution in [0.3, 0.4) is 0 Å². The van der Waals surface area contributed by atoms with Crippen LogP contribution >= 0.6 is 0 Å².